The Balaban J connectivity index is 1.58. The predicted octanol–water partition coefficient (Wildman–Crippen LogP) is 13.4. The van der Waals surface area contributed by atoms with Crippen LogP contribution in [-0.4, -0.2) is 0 Å². The van der Waals surface area contributed by atoms with Gasteiger partial charge in [0.1, 0.15) is 11.5 Å². The Morgan fingerprint density at radius 1 is 0.463 bits per heavy atom. The Morgan fingerprint density at radius 3 is 1.02 bits per heavy atom. The summed E-state index contributed by atoms with van der Waals surface area (Å²) >= 11 is 6.15. The molecule has 0 spiro atoms. The second-order valence-corrected chi connectivity index (χ2v) is 14.2. The van der Waals surface area contributed by atoms with E-state index in [1.165, 1.54) is 140 Å². The lowest BCUT2D eigenvalue weighted by atomic mass is 10.0. The maximum Gasteiger partial charge on any atom is 0.530 e. The van der Waals surface area contributed by atoms with Crippen LogP contribution in [0.15, 0.2) is 48.5 Å². The molecule has 0 aliphatic rings. The first-order valence-corrected chi connectivity index (χ1v) is 19.3. The highest BCUT2D eigenvalue weighted by atomic mass is 35.7. The maximum atomic E-state index is 12.8. The normalized spacial score (nSPS) is 11.6. The lowest BCUT2D eigenvalue weighted by Gasteiger charge is -2.14. The fraction of sp³-hybridized carbons (Fsp3) is 0.667. The molecule has 2 rings (SSSR count). The molecule has 0 aliphatic heterocycles. The van der Waals surface area contributed by atoms with Gasteiger partial charge in [-0.1, -0.05) is 154 Å². The van der Waals surface area contributed by atoms with Gasteiger partial charge in [0.15, 0.2) is 0 Å². The molecule has 0 amide bonds. The van der Waals surface area contributed by atoms with Crippen molar-refractivity contribution in [1.29, 1.82) is 0 Å². The minimum atomic E-state index is -3.79. The van der Waals surface area contributed by atoms with E-state index in [1.807, 2.05) is 48.5 Å². The van der Waals surface area contributed by atoms with Crippen molar-refractivity contribution in [3.05, 3.63) is 59.7 Å². The number of hydrogen-bond acceptors (Lipinski definition) is 3. The molecule has 0 atom stereocenters. The number of unbranched alkanes of at least 4 members (excludes halogenated alkanes) is 18. The van der Waals surface area contributed by atoms with Crippen LogP contribution in [0.4, 0.5) is 0 Å². The molecule has 5 heteroatoms. The van der Waals surface area contributed by atoms with Gasteiger partial charge in [-0.15, -0.1) is 0 Å². The number of aryl methyl sites for hydroxylation is 2. The Kier molecular flexibility index (Phi) is 20.1. The quantitative estimate of drug-likeness (QED) is 0.0791. The average molecular weight is 605 g/mol. The average Bonchev–Trinajstić information content (AvgIpc) is 2.96. The third kappa shape index (κ3) is 18.7. The summed E-state index contributed by atoms with van der Waals surface area (Å²) in [7, 11) is 0. The smallest absolute Gasteiger partial charge is 0.405 e. The molecule has 41 heavy (non-hydrogen) atoms. The molecule has 0 unspecified atom stereocenters. The van der Waals surface area contributed by atoms with Gasteiger partial charge in [-0.05, 0) is 61.1 Å². The molecule has 2 aromatic carbocycles. The Hall–Kier alpha value is -1.44. The van der Waals surface area contributed by atoms with Crippen LogP contribution in [0.25, 0.3) is 0 Å². The van der Waals surface area contributed by atoms with E-state index < -0.39 is 6.95 Å². The van der Waals surface area contributed by atoms with Crippen molar-refractivity contribution in [2.24, 2.45) is 0 Å². The highest BCUT2D eigenvalue weighted by molar-refractivity contribution is 7.82. The van der Waals surface area contributed by atoms with Crippen molar-refractivity contribution in [3.8, 4) is 11.5 Å². The first-order chi connectivity index (χ1) is 20.0. The van der Waals surface area contributed by atoms with E-state index in [1.54, 1.807) is 0 Å². The fourth-order valence-corrected chi connectivity index (χ4v) is 6.60. The lowest BCUT2D eigenvalue weighted by Crippen LogP contribution is -1.96. The molecule has 0 aromatic heterocycles. The summed E-state index contributed by atoms with van der Waals surface area (Å²) in [4.78, 5) is 0. The van der Waals surface area contributed by atoms with Gasteiger partial charge in [0.05, 0.1) is 0 Å². The van der Waals surface area contributed by atoms with Crippen LogP contribution in [0.3, 0.4) is 0 Å². The van der Waals surface area contributed by atoms with Gasteiger partial charge in [-0.25, -0.2) is 4.57 Å². The molecule has 0 saturated heterocycles. The highest BCUT2D eigenvalue weighted by Crippen LogP contribution is 2.53. The molecule has 0 bridgehead atoms. The summed E-state index contributed by atoms with van der Waals surface area (Å²) in [5.41, 5.74) is 2.53. The van der Waals surface area contributed by atoms with Crippen molar-refractivity contribution in [3.63, 3.8) is 0 Å². The Morgan fingerprint density at radius 2 is 0.732 bits per heavy atom. The molecule has 232 valence electrons. The van der Waals surface area contributed by atoms with Gasteiger partial charge in [0.2, 0.25) is 0 Å². The largest absolute Gasteiger partial charge is 0.530 e. The van der Waals surface area contributed by atoms with Gasteiger partial charge in [-0.2, -0.15) is 0 Å². The second-order valence-electron chi connectivity index (χ2n) is 11.8. The third-order valence-corrected chi connectivity index (χ3v) is 9.19. The van der Waals surface area contributed by atoms with E-state index in [9.17, 15) is 4.57 Å². The Labute approximate surface area is 257 Å². The van der Waals surface area contributed by atoms with Crippen LogP contribution in [0.5, 0.6) is 11.5 Å². The first-order valence-electron chi connectivity index (χ1n) is 16.9. The second kappa shape index (κ2) is 23.1. The zero-order valence-electron chi connectivity index (χ0n) is 26.2. The van der Waals surface area contributed by atoms with E-state index in [-0.39, 0.29) is 0 Å². The maximum absolute atomic E-state index is 12.8. The van der Waals surface area contributed by atoms with Crippen LogP contribution in [0.2, 0.25) is 0 Å². The van der Waals surface area contributed by atoms with Crippen LogP contribution in [0, 0.1) is 0 Å². The van der Waals surface area contributed by atoms with E-state index in [0.29, 0.717) is 11.5 Å². The zero-order valence-corrected chi connectivity index (χ0v) is 27.9. The van der Waals surface area contributed by atoms with Gasteiger partial charge in [0.25, 0.3) is 0 Å². The summed E-state index contributed by atoms with van der Waals surface area (Å²) in [6.07, 6.45) is 28.9. The van der Waals surface area contributed by atoms with E-state index >= 15 is 0 Å². The van der Waals surface area contributed by atoms with Crippen molar-refractivity contribution < 1.29 is 13.6 Å². The highest BCUT2D eigenvalue weighted by Gasteiger charge is 2.24. The first kappa shape index (κ1) is 35.8. The predicted molar refractivity (Wildman–Crippen MR) is 179 cm³/mol. The van der Waals surface area contributed by atoms with Crippen molar-refractivity contribution in [2.45, 2.75) is 155 Å². The number of hydrogen-bond donors (Lipinski definition) is 0. The lowest BCUT2D eigenvalue weighted by molar-refractivity contribution is 0.406. The van der Waals surface area contributed by atoms with Gasteiger partial charge >= 0.3 is 6.95 Å². The van der Waals surface area contributed by atoms with Gasteiger partial charge in [0, 0.05) is 11.2 Å². The summed E-state index contributed by atoms with van der Waals surface area (Å²) in [6.45, 7) is 0.750. The standard InChI is InChI=1S/C36H58ClO3P/c1-3-5-7-9-11-13-15-17-19-21-23-33-25-29-35(30-26-33)39-41(37,38)40-36-31-27-34(28-32-36)24-22-20-18-16-14-12-10-8-6-4-2/h25-32H,3-24H2,1-2H3. The number of benzene rings is 2. The van der Waals surface area contributed by atoms with Crippen molar-refractivity contribution in [2.75, 3.05) is 0 Å². The van der Waals surface area contributed by atoms with Crippen molar-refractivity contribution in [1.82, 2.24) is 0 Å². The minimum absolute atomic E-state index is 0.465. The third-order valence-electron chi connectivity index (χ3n) is 7.91. The van der Waals surface area contributed by atoms with Gasteiger partial charge in [-0.3, -0.25) is 0 Å². The summed E-state index contributed by atoms with van der Waals surface area (Å²) in [5, 5.41) is 0. The van der Waals surface area contributed by atoms with Crippen molar-refractivity contribution >= 4 is 18.2 Å². The molecule has 0 N–H and O–H groups in total. The molecular formula is C36H58ClO3P. The molecule has 0 fully saturated rings. The van der Waals surface area contributed by atoms with Crippen LogP contribution < -0.4 is 9.05 Å². The monoisotopic (exact) mass is 604 g/mol. The van der Waals surface area contributed by atoms with E-state index in [2.05, 4.69) is 13.8 Å². The summed E-state index contributed by atoms with van der Waals surface area (Å²) in [6, 6.07) is 15.5. The molecule has 0 heterocycles. The molecule has 3 nitrogen and oxygen atoms in total. The van der Waals surface area contributed by atoms with Crippen LogP contribution >= 0.6 is 18.2 Å². The SMILES string of the molecule is CCCCCCCCCCCCc1ccc(OP(=O)(Cl)Oc2ccc(CCCCCCCCCCCC)cc2)cc1. The molecule has 0 aliphatic carbocycles. The Bertz CT molecular complexity index is 855. The molecule has 0 radical (unpaired) electrons. The minimum Gasteiger partial charge on any atom is -0.405 e. The topological polar surface area (TPSA) is 35.5 Å². The molecule has 0 saturated carbocycles. The zero-order chi connectivity index (χ0) is 29.4. The summed E-state index contributed by atoms with van der Waals surface area (Å²) in [5.74, 6) is 0.931. The number of halogens is 1. The van der Waals surface area contributed by atoms with E-state index in [0.717, 1.165) is 12.8 Å². The molecule has 2 aromatic rings. The summed E-state index contributed by atoms with van der Waals surface area (Å²) < 4.78 is 23.9. The van der Waals surface area contributed by atoms with Crippen LogP contribution in [-0.2, 0) is 17.4 Å². The number of rotatable bonds is 26. The van der Waals surface area contributed by atoms with E-state index in [4.69, 9.17) is 20.3 Å². The fourth-order valence-electron chi connectivity index (χ4n) is 5.34. The van der Waals surface area contributed by atoms with Crippen LogP contribution in [0.1, 0.15) is 153 Å². The molecular weight excluding hydrogens is 547 g/mol. The van der Waals surface area contributed by atoms with Gasteiger partial charge < -0.3 is 9.05 Å².